The van der Waals surface area contributed by atoms with Crippen LogP contribution in [0.1, 0.15) is 15.9 Å². The molecule has 0 spiro atoms. The van der Waals surface area contributed by atoms with Crippen LogP contribution in [0.5, 0.6) is 11.5 Å². The van der Waals surface area contributed by atoms with Crippen LogP contribution in [-0.4, -0.2) is 30.1 Å². The molecule has 0 aliphatic heterocycles. The number of hydrogen-bond donors (Lipinski definition) is 1. The normalized spacial score (nSPS) is 10.2. The molecule has 0 radical (unpaired) electrons. The van der Waals surface area contributed by atoms with Crippen molar-refractivity contribution in [2.75, 3.05) is 14.2 Å². The molecule has 2 aromatic rings. The Labute approximate surface area is 128 Å². The SMILES string of the molecule is COc1ccc(C(=O)N(C)Cc2cccc(Cl)c2)cc1O. The summed E-state index contributed by atoms with van der Waals surface area (Å²) in [4.78, 5) is 13.9. The summed E-state index contributed by atoms with van der Waals surface area (Å²) >= 11 is 5.93. The average molecular weight is 306 g/mol. The van der Waals surface area contributed by atoms with Gasteiger partial charge in [-0.15, -0.1) is 0 Å². The molecule has 0 aromatic heterocycles. The summed E-state index contributed by atoms with van der Waals surface area (Å²) in [5, 5.41) is 10.4. The molecular weight excluding hydrogens is 290 g/mol. The predicted molar refractivity (Wildman–Crippen MR) is 81.9 cm³/mol. The lowest BCUT2D eigenvalue weighted by Gasteiger charge is -2.18. The molecular formula is C16H16ClNO3. The van der Waals surface area contributed by atoms with Crippen LogP contribution in [-0.2, 0) is 6.54 Å². The van der Waals surface area contributed by atoms with E-state index in [1.807, 2.05) is 18.2 Å². The third kappa shape index (κ3) is 3.67. The summed E-state index contributed by atoms with van der Waals surface area (Å²) in [5.74, 6) is 0.0940. The highest BCUT2D eigenvalue weighted by Gasteiger charge is 2.14. The fraction of sp³-hybridized carbons (Fsp3) is 0.188. The summed E-state index contributed by atoms with van der Waals surface area (Å²) in [6.45, 7) is 0.437. The zero-order chi connectivity index (χ0) is 15.4. The average Bonchev–Trinajstić information content (AvgIpc) is 2.46. The number of benzene rings is 2. The van der Waals surface area contributed by atoms with Crippen LogP contribution in [0.3, 0.4) is 0 Å². The van der Waals surface area contributed by atoms with E-state index in [1.165, 1.54) is 13.2 Å². The van der Waals surface area contributed by atoms with E-state index in [1.54, 1.807) is 30.1 Å². The number of halogens is 1. The van der Waals surface area contributed by atoms with Crippen LogP contribution in [0.2, 0.25) is 5.02 Å². The van der Waals surface area contributed by atoms with Crippen LogP contribution in [0.25, 0.3) is 0 Å². The molecule has 0 unspecified atom stereocenters. The Balaban J connectivity index is 2.14. The van der Waals surface area contributed by atoms with Crippen LogP contribution in [0.4, 0.5) is 0 Å². The van der Waals surface area contributed by atoms with Gasteiger partial charge in [0.15, 0.2) is 11.5 Å². The molecule has 4 nitrogen and oxygen atoms in total. The largest absolute Gasteiger partial charge is 0.504 e. The maximum atomic E-state index is 12.3. The van der Waals surface area contributed by atoms with Gasteiger partial charge in [-0.05, 0) is 35.9 Å². The number of aromatic hydroxyl groups is 1. The Morgan fingerprint density at radius 3 is 2.67 bits per heavy atom. The van der Waals surface area contributed by atoms with Gasteiger partial charge in [0.25, 0.3) is 5.91 Å². The summed E-state index contributed by atoms with van der Waals surface area (Å²) in [5.41, 5.74) is 1.34. The monoisotopic (exact) mass is 305 g/mol. The van der Waals surface area contributed by atoms with Gasteiger partial charge >= 0.3 is 0 Å². The summed E-state index contributed by atoms with van der Waals surface area (Å²) < 4.78 is 4.96. The number of nitrogens with zero attached hydrogens (tertiary/aromatic N) is 1. The van der Waals surface area contributed by atoms with Crippen molar-refractivity contribution in [3.8, 4) is 11.5 Å². The molecule has 0 saturated carbocycles. The topological polar surface area (TPSA) is 49.8 Å². The van der Waals surface area contributed by atoms with Crippen molar-refractivity contribution in [2.24, 2.45) is 0 Å². The van der Waals surface area contributed by atoms with Gasteiger partial charge in [-0.1, -0.05) is 23.7 Å². The Morgan fingerprint density at radius 1 is 1.29 bits per heavy atom. The van der Waals surface area contributed by atoms with Gasteiger partial charge in [-0.2, -0.15) is 0 Å². The number of carbonyl (C=O) groups excluding carboxylic acids is 1. The molecule has 0 aliphatic carbocycles. The molecule has 0 aliphatic rings. The highest BCUT2D eigenvalue weighted by molar-refractivity contribution is 6.30. The standard InChI is InChI=1S/C16H16ClNO3/c1-18(10-11-4-3-5-13(17)8-11)16(20)12-6-7-15(21-2)14(19)9-12/h3-9,19H,10H2,1-2H3. The zero-order valence-corrected chi connectivity index (χ0v) is 12.6. The molecule has 5 heteroatoms. The van der Waals surface area contributed by atoms with Gasteiger partial charge in [0, 0.05) is 24.2 Å². The third-order valence-electron chi connectivity index (χ3n) is 3.08. The van der Waals surface area contributed by atoms with Crippen molar-refractivity contribution < 1.29 is 14.6 Å². The number of phenolic OH excluding ortho intramolecular Hbond substituents is 1. The molecule has 110 valence electrons. The van der Waals surface area contributed by atoms with Crippen molar-refractivity contribution >= 4 is 17.5 Å². The van der Waals surface area contributed by atoms with Crippen LogP contribution >= 0.6 is 11.6 Å². The fourth-order valence-electron chi connectivity index (χ4n) is 2.02. The first-order valence-electron chi connectivity index (χ1n) is 6.38. The minimum atomic E-state index is -0.187. The van der Waals surface area contributed by atoms with Crippen molar-refractivity contribution in [1.82, 2.24) is 4.90 Å². The van der Waals surface area contributed by atoms with E-state index in [0.717, 1.165) is 5.56 Å². The quantitative estimate of drug-likeness (QED) is 0.942. The Hall–Kier alpha value is -2.20. The summed E-state index contributed by atoms with van der Waals surface area (Å²) in [6, 6.07) is 11.9. The van der Waals surface area contributed by atoms with E-state index in [-0.39, 0.29) is 11.7 Å². The number of hydrogen-bond acceptors (Lipinski definition) is 3. The minimum absolute atomic E-state index is 0.0560. The molecule has 0 atom stereocenters. The predicted octanol–water partition coefficient (Wildman–Crippen LogP) is 3.33. The second-order valence-electron chi connectivity index (χ2n) is 4.68. The van der Waals surface area contributed by atoms with Gasteiger partial charge in [0.1, 0.15) is 0 Å². The van der Waals surface area contributed by atoms with E-state index in [9.17, 15) is 9.90 Å². The van der Waals surface area contributed by atoms with Crippen molar-refractivity contribution in [3.63, 3.8) is 0 Å². The number of phenols is 1. The van der Waals surface area contributed by atoms with Crippen LogP contribution in [0.15, 0.2) is 42.5 Å². The molecule has 1 amide bonds. The molecule has 1 N–H and O–H groups in total. The number of amides is 1. The molecule has 2 rings (SSSR count). The molecule has 2 aromatic carbocycles. The van der Waals surface area contributed by atoms with E-state index in [0.29, 0.717) is 22.9 Å². The number of ether oxygens (including phenoxy) is 1. The smallest absolute Gasteiger partial charge is 0.254 e. The molecule has 0 saturated heterocycles. The van der Waals surface area contributed by atoms with E-state index in [4.69, 9.17) is 16.3 Å². The maximum absolute atomic E-state index is 12.3. The lowest BCUT2D eigenvalue weighted by atomic mass is 10.1. The number of methoxy groups -OCH3 is 1. The second kappa shape index (κ2) is 6.50. The molecule has 21 heavy (non-hydrogen) atoms. The van der Waals surface area contributed by atoms with Crippen molar-refractivity contribution in [3.05, 3.63) is 58.6 Å². The van der Waals surface area contributed by atoms with Gasteiger partial charge in [0.2, 0.25) is 0 Å². The summed E-state index contributed by atoms with van der Waals surface area (Å²) in [7, 11) is 3.16. The lowest BCUT2D eigenvalue weighted by Crippen LogP contribution is -2.26. The highest BCUT2D eigenvalue weighted by Crippen LogP contribution is 2.26. The van der Waals surface area contributed by atoms with Gasteiger partial charge < -0.3 is 14.7 Å². The number of rotatable bonds is 4. The van der Waals surface area contributed by atoms with Gasteiger partial charge in [-0.25, -0.2) is 0 Å². The Bertz CT molecular complexity index is 658. The molecule has 0 fully saturated rings. The van der Waals surface area contributed by atoms with Crippen LogP contribution < -0.4 is 4.74 Å². The molecule has 0 heterocycles. The molecule has 0 bridgehead atoms. The Morgan fingerprint density at radius 2 is 2.05 bits per heavy atom. The van der Waals surface area contributed by atoms with E-state index < -0.39 is 0 Å². The Kier molecular flexibility index (Phi) is 4.70. The second-order valence-corrected chi connectivity index (χ2v) is 5.11. The van der Waals surface area contributed by atoms with Crippen molar-refractivity contribution in [1.29, 1.82) is 0 Å². The van der Waals surface area contributed by atoms with Crippen molar-refractivity contribution in [2.45, 2.75) is 6.54 Å². The minimum Gasteiger partial charge on any atom is -0.504 e. The lowest BCUT2D eigenvalue weighted by molar-refractivity contribution is 0.0784. The maximum Gasteiger partial charge on any atom is 0.254 e. The first kappa shape index (κ1) is 15.2. The van der Waals surface area contributed by atoms with Gasteiger partial charge in [0.05, 0.1) is 7.11 Å². The van der Waals surface area contributed by atoms with E-state index >= 15 is 0 Å². The fourth-order valence-corrected chi connectivity index (χ4v) is 2.24. The third-order valence-corrected chi connectivity index (χ3v) is 3.32. The summed E-state index contributed by atoms with van der Waals surface area (Å²) in [6.07, 6.45) is 0. The van der Waals surface area contributed by atoms with E-state index in [2.05, 4.69) is 0 Å². The zero-order valence-electron chi connectivity index (χ0n) is 11.8. The van der Waals surface area contributed by atoms with Crippen LogP contribution in [0, 0.1) is 0 Å². The highest BCUT2D eigenvalue weighted by atomic mass is 35.5. The first-order chi connectivity index (χ1) is 10.0. The first-order valence-corrected chi connectivity index (χ1v) is 6.76. The van der Waals surface area contributed by atoms with Gasteiger partial charge in [-0.3, -0.25) is 4.79 Å². The number of carbonyl (C=O) groups is 1.